The minimum Gasteiger partial charge on any atom is -0.482 e. The molecule has 0 atom stereocenters. The Bertz CT molecular complexity index is 695. The van der Waals surface area contributed by atoms with Gasteiger partial charge in [-0.3, -0.25) is 4.79 Å². The predicted octanol–water partition coefficient (Wildman–Crippen LogP) is 0.397. The summed E-state index contributed by atoms with van der Waals surface area (Å²) < 4.78 is 6.82. The van der Waals surface area contributed by atoms with Crippen LogP contribution >= 0.6 is 0 Å². The number of carbonyl (C=O) groups is 2. The molecule has 1 aromatic carbocycles. The fraction of sp³-hybridized carbons (Fsp3) is 0.286. The first-order valence-electron chi connectivity index (χ1n) is 6.74. The van der Waals surface area contributed by atoms with Gasteiger partial charge in [-0.15, -0.1) is 0 Å². The first kappa shape index (κ1) is 14.1. The third-order valence-electron chi connectivity index (χ3n) is 3.36. The third-order valence-corrected chi connectivity index (χ3v) is 3.36. The Balaban J connectivity index is 1.66. The second-order valence-electron chi connectivity index (χ2n) is 4.83. The number of aromatic nitrogens is 3. The van der Waals surface area contributed by atoms with Gasteiger partial charge in [0, 0.05) is 12.1 Å². The van der Waals surface area contributed by atoms with E-state index < -0.39 is 12.6 Å². The van der Waals surface area contributed by atoms with E-state index in [0.717, 1.165) is 5.82 Å². The molecule has 1 aliphatic heterocycles. The highest BCUT2D eigenvalue weighted by atomic mass is 16.5. The molecule has 0 unspecified atom stereocenters. The number of benzene rings is 1. The topological polar surface area (TPSA) is 97.6 Å². The van der Waals surface area contributed by atoms with Crippen LogP contribution in [-0.4, -0.2) is 49.8 Å². The largest absolute Gasteiger partial charge is 0.482 e. The molecule has 0 aliphatic carbocycles. The first-order chi connectivity index (χ1) is 10.6. The van der Waals surface area contributed by atoms with Crippen LogP contribution in [0, 0.1) is 0 Å². The number of hydrogen-bond donors (Lipinski definition) is 1. The third kappa shape index (κ3) is 2.90. The summed E-state index contributed by atoms with van der Waals surface area (Å²) in [7, 11) is 0. The van der Waals surface area contributed by atoms with E-state index in [4.69, 9.17) is 9.84 Å². The molecule has 0 saturated heterocycles. The average molecular weight is 302 g/mol. The number of carbonyl (C=O) groups excluding carboxylic acids is 1. The highest BCUT2D eigenvalue weighted by Crippen LogP contribution is 2.16. The van der Waals surface area contributed by atoms with Gasteiger partial charge >= 0.3 is 5.97 Å². The quantitative estimate of drug-likeness (QED) is 0.878. The Labute approximate surface area is 125 Å². The average Bonchev–Trinajstić information content (AvgIpc) is 3.00. The van der Waals surface area contributed by atoms with Crippen molar-refractivity contribution in [1.82, 2.24) is 19.7 Å². The maximum atomic E-state index is 12.4. The Morgan fingerprint density at radius 1 is 1.23 bits per heavy atom. The van der Waals surface area contributed by atoms with Crippen LogP contribution in [0.4, 0.5) is 0 Å². The highest BCUT2D eigenvalue weighted by molar-refractivity contribution is 5.94. The Hall–Kier alpha value is -2.90. The van der Waals surface area contributed by atoms with Crippen LogP contribution in [0.1, 0.15) is 16.2 Å². The van der Waals surface area contributed by atoms with Crippen LogP contribution in [0.2, 0.25) is 0 Å². The van der Waals surface area contributed by atoms with Crippen molar-refractivity contribution in [2.75, 3.05) is 13.2 Å². The number of carboxylic acids is 1. The number of fused-ring (bicyclic) bond motifs is 1. The summed E-state index contributed by atoms with van der Waals surface area (Å²) in [5.74, 6) is 0.0370. The Kier molecular flexibility index (Phi) is 3.73. The number of nitrogens with zero attached hydrogens (tertiary/aromatic N) is 4. The molecule has 114 valence electrons. The molecule has 8 nitrogen and oxygen atoms in total. The van der Waals surface area contributed by atoms with Crippen molar-refractivity contribution < 1.29 is 19.4 Å². The molecule has 0 spiro atoms. The summed E-state index contributed by atoms with van der Waals surface area (Å²) in [4.78, 5) is 28.7. The van der Waals surface area contributed by atoms with Crippen molar-refractivity contribution in [3.8, 4) is 5.75 Å². The van der Waals surface area contributed by atoms with E-state index in [1.54, 1.807) is 33.8 Å². The van der Waals surface area contributed by atoms with E-state index in [-0.39, 0.29) is 5.91 Å². The van der Waals surface area contributed by atoms with Gasteiger partial charge < -0.3 is 14.7 Å². The van der Waals surface area contributed by atoms with E-state index in [2.05, 4.69) is 10.1 Å². The maximum absolute atomic E-state index is 12.4. The van der Waals surface area contributed by atoms with Gasteiger partial charge in [0.15, 0.2) is 6.61 Å². The fourth-order valence-electron chi connectivity index (χ4n) is 2.26. The van der Waals surface area contributed by atoms with E-state index in [1.807, 2.05) is 0 Å². The Morgan fingerprint density at radius 3 is 2.73 bits per heavy atom. The lowest BCUT2D eigenvalue weighted by atomic mass is 10.2. The molecule has 2 heterocycles. The zero-order chi connectivity index (χ0) is 15.5. The number of amides is 1. The molecule has 0 radical (unpaired) electrons. The summed E-state index contributed by atoms with van der Waals surface area (Å²) in [5, 5.41) is 12.6. The lowest BCUT2D eigenvalue weighted by Crippen LogP contribution is -2.38. The van der Waals surface area contributed by atoms with E-state index in [1.165, 1.54) is 6.33 Å². The molecule has 0 fully saturated rings. The summed E-state index contributed by atoms with van der Waals surface area (Å²) in [6.07, 6.45) is 1.48. The zero-order valence-electron chi connectivity index (χ0n) is 11.7. The molecular weight excluding hydrogens is 288 g/mol. The van der Waals surface area contributed by atoms with Crippen molar-refractivity contribution >= 4 is 11.9 Å². The predicted molar refractivity (Wildman–Crippen MR) is 74.3 cm³/mol. The highest BCUT2D eigenvalue weighted by Gasteiger charge is 2.22. The molecule has 1 aliphatic rings. The molecule has 0 bridgehead atoms. The monoisotopic (exact) mass is 302 g/mol. The molecule has 0 saturated carbocycles. The van der Waals surface area contributed by atoms with Gasteiger partial charge in [-0.1, -0.05) is 0 Å². The Morgan fingerprint density at radius 2 is 2.00 bits per heavy atom. The molecule has 2 aromatic rings. The van der Waals surface area contributed by atoms with Gasteiger partial charge in [0.05, 0.1) is 13.1 Å². The molecular formula is C14H14N4O4. The van der Waals surface area contributed by atoms with E-state index in [9.17, 15) is 9.59 Å². The van der Waals surface area contributed by atoms with Crippen LogP contribution in [-0.2, 0) is 17.9 Å². The first-order valence-corrected chi connectivity index (χ1v) is 6.74. The van der Waals surface area contributed by atoms with Crippen LogP contribution in [0.5, 0.6) is 5.75 Å². The van der Waals surface area contributed by atoms with Gasteiger partial charge in [-0.2, -0.15) is 5.10 Å². The molecule has 8 heteroatoms. The molecule has 1 amide bonds. The number of aliphatic carboxylic acids is 1. The van der Waals surface area contributed by atoms with Gasteiger partial charge in [0.1, 0.15) is 17.9 Å². The van der Waals surface area contributed by atoms with Gasteiger partial charge in [0.25, 0.3) is 5.91 Å². The smallest absolute Gasteiger partial charge is 0.341 e. The van der Waals surface area contributed by atoms with Gasteiger partial charge in [0.2, 0.25) is 0 Å². The maximum Gasteiger partial charge on any atom is 0.341 e. The zero-order valence-corrected chi connectivity index (χ0v) is 11.7. The van der Waals surface area contributed by atoms with Gasteiger partial charge in [-0.05, 0) is 24.3 Å². The van der Waals surface area contributed by atoms with Crippen LogP contribution in [0.3, 0.4) is 0 Å². The molecule has 3 rings (SSSR count). The minimum atomic E-state index is -1.04. The lowest BCUT2D eigenvalue weighted by molar-refractivity contribution is -0.139. The van der Waals surface area contributed by atoms with Crippen LogP contribution < -0.4 is 4.74 Å². The molecule has 22 heavy (non-hydrogen) atoms. The van der Waals surface area contributed by atoms with Crippen LogP contribution in [0.25, 0.3) is 0 Å². The molecule has 1 N–H and O–H groups in total. The van der Waals surface area contributed by atoms with Crippen molar-refractivity contribution in [3.63, 3.8) is 0 Å². The van der Waals surface area contributed by atoms with Crippen molar-refractivity contribution in [3.05, 3.63) is 42.0 Å². The minimum absolute atomic E-state index is 0.0981. The standard InChI is InChI=1S/C14H14N4O4/c19-13(20)8-22-11-3-1-10(2-4-11)14(21)17-5-6-18-12(7-17)15-9-16-18/h1-4,9H,5-8H2,(H,19,20). The normalized spacial score (nSPS) is 13.5. The second-order valence-corrected chi connectivity index (χ2v) is 4.83. The van der Waals surface area contributed by atoms with E-state index >= 15 is 0 Å². The summed E-state index contributed by atoms with van der Waals surface area (Å²) in [6, 6.07) is 6.42. The summed E-state index contributed by atoms with van der Waals surface area (Å²) in [5.41, 5.74) is 0.524. The summed E-state index contributed by atoms with van der Waals surface area (Å²) in [6.45, 7) is 1.22. The number of carboxylic acid groups (broad SMARTS) is 1. The fourth-order valence-corrected chi connectivity index (χ4v) is 2.26. The van der Waals surface area contributed by atoms with E-state index in [0.29, 0.717) is 30.9 Å². The SMILES string of the molecule is O=C(O)COc1ccc(C(=O)N2CCn3ncnc3C2)cc1. The number of hydrogen-bond acceptors (Lipinski definition) is 5. The van der Waals surface area contributed by atoms with Crippen molar-refractivity contribution in [1.29, 1.82) is 0 Å². The lowest BCUT2D eigenvalue weighted by Gasteiger charge is -2.26. The molecule has 1 aromatic heterocycles. The van der Waals surface area contributed by atoms with Crippen molar-refractivity contribution in [2.24, 2.45) is 0 Å². The number of ether oxygens (including phenoxy) is 1. The van der Waals surface area contributed by atoms with Crippen LogP contribution in [0.15, 0.2) is 30.6 Å². The number of rotatable bonds is 4. The summed E-state index contributed by atoms with van der Waals surface area (Å²) >= 11 is 0. The van der Waals surface area contributed by atoms with Gasteiger partial charge in [-0.25, -0.2) is 14.5 Å². The second kappa shape index (κ2) is 5.84. The van der Waals surface area contributed by atoms with Crippen molar-refractivity contribution in [2.45, 2.75) is 13.1 Å².